The molecule has 0 saturated carbocycles. The molecule has 5 rings (SSSR count). The van der Waals surface area contributed by atoms with Crippen LogP contribution in [0, 0.1) is 10.1 Å². The molecule has 0 radical (unpaired) electrons. The summed E-state index contributed by atoms with van der Waals surface area (Å²) >= 11 is 0. The minimum atomic E-state index is -0.452. The van der Waals surface area contributed by atoms with E-state index in [1.165, 1.54) is 22.9 Å². The van der Waals surface area contributed by atoms with E-state index < -0.39 is 4.92 Å². The summed E-state index contributed by atoms with van der Waals surface area (Å²) < 4.78 is 2.89. The van der Waals surface area contributed by atoms with Crippen molar-refractivity contribution in [2.75, 3.05) is 0 Å². The van der Waals surface area contributed by atoms with E-state index in [0.29, 0.717) is 27.9 Å². The molecule has 0 bridgehead atoms. The van der Waals surface area contributed by atoms with Crippen LogP contribution < -0.4 is 0 Å². The van der Waals surface area contributed by atoms with E-state index in [0.717, 1.165) is 5.69 Å². The zero-order valence-corrected chi connectivity index (χ0v) is 17.1. The maximum Gasteiger partial charge on any atom is 0.272 e. The summed E-state index contributed by atoms with van der Waals surface area (Å²) in [7, 11) is 0. The number of carbonyl (C=O) groups excluding carboxylic acids is 1. The van der Waals surface area contributed by atoms with Crippen molar-refractivity contribution in [1.82, 2.24) is 24.8 Å². The van der Waals surface area contributed by atoms with Crippen molar-refractivity contribution in [3.8, 4) is 16.9 Å². The van der Waals surface area contributed by atoms with Gasteiger partial charge in [-0.1, -0.05) is 47.7 Å². The highest BCUT2D eigenvalue weighted by Gasteiger charge is 2.15. The number of nitrogens with zero attached hydrogens (tertiary/aromatic N) is 6. The number of carbonyl (C=O) groups is 1. The van der Waals surface area contributed by atoms with Crippen LogP contribution in [-0.4, -0.2) is 35.6 Å². The van der Waals surface area contributed by atoms with Gasteiger partial charge < -0.3 is 0 Å². The van der Waals surface area contributed by atoms with E-state index in [2.05, 4.69) is 15.4 Å². The number of benzene rings is 3. The van der Waals surface area contributed by atoms with E-state index in [1.54, 1.807) is 41.2 Å². The topological polar surface area (TPSA) is 109 Å². The minimum absolute atomic E-state index is 0.0400. The van der Waals surface area contributed by atoms with Crippen LogP contribution in [0.3, 0.4) is 0 Å². The van der Waals surface area contributed by atoms with E-state index in [9.17, 15) is 14.9 Å². The Morgan fingerprint density at radius 1 is 0.970 bits per heavy atom. The number of rotatable bonds is 5. The summed E-state index contributed by atoms with van der Waals surface area (Å²) in [4.78, 5) is 23.6. The Hall–Kier alpha value is -4.92. The van der Waals surface area contributed by atoms with Crippen LogP contribution in [0.25, 0.3) is 34.1 Å². The molecule has 0 spiro atoms. The average molecular weight is 436 g/mol. The Morgan fingerprint density at radius 3 is 2.58 bits per heavy atom. The number of non-ortho nitro benzene ring substituents is 1. The van der Waals surface area contributed by atoms with Crippen LogP contribution in [0.15, 0.2) is 91.1 Å². The normalized spacial score (nSPS) is 11.3. The van der Waals surface area contributed by atoms with E-state index in [1.807, 2.05) is 42.5 Å². The van der Waals surface area contributed by atoms with Gasteiger partial charge in [0.25, 0.3) is 11.6 Å². The summed E-state index contributed by atoms with van der Waals surface area (Å²) in [5, 5.41) is 23.8. The fourth-order valence-electron chi connectivity index (χ4n) is 3.48. The highest BCUT2D eigenvalue weighted by atomic mass is 16.6. The molecule has 33 heavy (non-hydrogen) atoms. The van der Waals surface area contributed by atoms with Crippen LogP contribution >= 0.6 is 0 Å². The van der Waals surface area contributed by atoms with Gasteiger partial charge in [-0.25, -0.2) is 4.68 Å². The molecule has 0 atom stereocenters. The Balaban J connectivity index is 1.57. The van der Waals surface area contributed by atoms with Crippen molar-refractivity contribution in [3.63, 3.8) is 0 Å². The molecule has 2 aromatic heterocycles. The molecule has 0 saturated heterocycles. The third-order valence-corrected chi connectivity index (χ3v) is 5.06. The molecule has 3 aromatic carbocycles. The van der Waals surface area contributed by atoms with Crippen LogP contribution in [0.2, 0.25) is 0 Å². The summed E-state index contributed by atoms with van der Waals surface area (Å²) in [5.41, 5.74) is 3.70. The van der Waals surface area contributed by atoms with Crippen molar-refractivity contribution in [1.29, 1.82) is 0 Å². The van der Waals surface area contributed by atoms with Gasteiger partial charge >= 0.3 is 0 Å². The summed E-state index contributed by atoms with van der Waals surface area (Å²) in [6, 6.07) is 22.9. The van der Waals surface area contributed by atoms with Crippen molar-refractivity contribution >= 4 is 28.7 Å². The van der Waals surface area contributed by atoms with Crippen molar-refractivity contribution in [3.05, 3.63) is 107 Å². The lowest BCUT2D eigenvalue weighted by atomic mass is 10.1. The molecule has 0 unspecified atom stereocenters. The Morgan fingerprint density at radius 2 is 1.76 bits per heavy atom. The quantitative estimate of drug-likeness (QED) is 0.227. The van der Waals surface area contributed by atoms with Gasteiger partial charge in [-0.3, -0.25) is 14.9 Å². The van der Waals surface area contributed by atoms with E-state index in [-0.39, 0.29) is 11.6 Å². The Kier molecular flexibility index (Phi) is 5.04. The fraction of sp³-hybridized carbons (Fsp3) is 0. The lowest BCUT2D eigenvalue weighted by molar-refractivity contribution is -0.384. The van der Waals surface area contributed by atoms with E-state index in [4.69, 9.17) is 0 Å². The highest BCUT2D eigenvalue weighted by Crippen LogP contribution is 2.28. The first-order chi connectivity index (χ1) is 16.1. The minimum Gasteiger partial charge on any atom is -0.267 e. The maximum absolute atomic E-state index is 12.8. The predicted molar refractivity (Wildman–Crippen MR) is 123 cm³/mol. The number of allylic oxidation sites excluding steroid dienone is 1. The SMILES string of the molecule is O=C(C=Cc1cn(-c2ccccc2)nc1-c1cccc([N+](=O)[O-])c1)n1nnc2ccccc21. The molecule has 0 fully saturated rings. The monoisotopic (exact) mass is 436 g/mol. The van der Waals surface area contributed by atoms with Gasteiger partial charge in [0.05, 0.1) is 16.1 Å². The standard InChI is InChI=1S/C24H16N6O3/c31-23(29-22-12-5-4-11-21(22)25-27-29)14-13-18-16-28(19-8-2-1-3-9-19)26-24(18)17-7-6-10-20(15-17)30(32)33/h1-16H. The summed E-state index contributed by atoms with van der Waals surface area (Å²) in [6.07, 6.45) is 4.78. The molecule has 0 aliphatic carbocycles. The van der Waals surface area contributed by atoms with Crippen LogP contribution in [0.4, 0.5) is 5.69 Å². The lowest BCUT2D eigenvalue weighted by Gasteiger charge is -2.01. The third-order valence-electron chi connectivity index (χ3n) is 5.06. The first-order valence-corrected chi connectivity index (χ1v) is 10.0. The number of fused-ring (bicyclic) bond motifs is 1. The van der Waals surface area contributed by atoms with Gasteiger partial charge in [0, 0.05) is 35.5 Å². The fourth-order valence-corrected chi connectivity index (χ4v) is 3.48. The lowest BCUT2D eigenvalue weighted by Crippen LogP contribution is -2.08. The molecule has 0 aliphatic rings. The first kappa shape index (κ1) is 20.0. The van der Waals surface area contributed by atoms with Gasteiger partial charge in [-0.05, 0) is 30.3 Å². The second-order valence-corrected chi connectivity index (χ2v) is 7.18. The molecule has 2 heterocycles. The smallest absolute Gasteiger partial charge is 0.267 e. The maximum atomic E-state index is 12.8. The summed E-state index contributed by atoms with van der Waals surface area (Å²) in [5.74, 6) is -0.374. The second-order valence-electron chi connectivity index (χ2n) is 7.18. The van der Waals surface area contributed by atoms with E-state index >= 15 is 0 Å². The second kappa shape index (κ2) is 8.31. The molecule has 160 valence electrons. The zero-order valence-electron chi connectivity index (χ0n) is 17.1. The molecule has 0 N–H and O–H groups in total. The molecule has 0 aliphatic heterocycles. The highest BCUT2D eigenvalue weighted by molar-refractivity contribution is 5.98. The number of hydrogen-bond donors (Lipinski definition) is 0. The average Bonchev–Trinajstić information content (AvgIpc) is 3.48. The molecule has 9 heteroatoms. The zero-order chi connectivity index (χ0) is 22.8. The van der Waals surface area contributed by atoms with Gasteiger partial charge in [-0.15, -0.1) is 5.10 Å². The van der Waals surface area contributed by atoms with Crippen molar-refractivity contribution in [2.24, 2.45) is 0 Å². The largest absolute Gasteiger partial charge is 0.272 e. The Labute approximate surface area is 187 Å². The third kappa shape index (κ3) is 3.90. The molecule has 5 aromatic rings. The number of nitro benzene ring substituents is 1. The number of hydrogen-bond acceptors (Lipinski definition) is 6. The van der Waals surface area contributed by atoms with Gasteiger partial charge in [0.2, 0.25) is 0 Å². The number of para-hydroxylation sites is 2. The van der Waals surface area contributed by atoms with Gasteiger partial charge in [-0.2, -0.15) is 9.78 Å². The predicted octanol–water partition coefficient (Wildman–Crippen LogP) is 4.55. The molecular formula is C24H16N6O3. The van der Waals surface area contributed by atoms with Gasteiger partial charge in [0.15, 0.2) is 0 Å². The van der Waals surface area contributed by atoms with Gasteiger partial charge in [0.1, 0.15) is 11.2 Å². The number of aromatic nitrogens is 5. The van der Waals surface area contributed by atoms with Crippen LogP contribution in [0.5, 0.6) is 0 Å². The summed E-state index contributed by atoms with van der Waals surface area (Å²) in [6.45, 7) is 0. The molecular weight excluding hydrogens is 420 g/mol. The molecule has 0 amide bonds. The van der Waals surface area contributed by atoms with Crippen molar-refractivity contribution in [2.45, 2.75) is 0 Å². The molecule has 9 nitrogen and oxygen atoms in total. The Bertz CT molecular complexity index is 1520. The van der Waals surface area contributed by atoms with Crippen molar-refractivity contribution < 1.29 is 9.72 Å². The first-order valence-electron chi connectivity index (χ1n) is 10.0. The van der Waals surface area contributed by atoms with Crippen LogP contribution in [0.1, 0.15) is 10.4 Å². The van der Waals surface area contributed by atoms with Crippen LogP contribution in [-0.2, 0) is 0 Å². The number of nitro groups is 1.